The van der Waals surface area contributed by atoms with Crippen LogP contribution in [0.5, 0.6) is 0 Å². The van der Waals surface area contributed by atoms with Crippen LogP contribution in [-0.2, 0) is 17.3 Å². The molecule has 0 spiro atoms. The Morgan fingerprint density at radius 2 is 1.86 bits per heavy atom. The van der Waals surface area contributed by atoms with Gasteiger partial charge in [0, 0.05) is 12.6 Å². The summed E-state index contributed by atoms with van der Waals surface area (Å²) in [5.74, 6) is -0.384. The largest absolute Gasteiger partial charge is 0.465 e. The van der Waals surface area contributed by atoms with Crippen LogP contribution in [0.25, 0.3) is 0 Å². The predicted octanol–water partition coefficient (Wildman–Crippen LogP) is 4.14. The first-order chi connectivity index (χ1) is 13.2. The van der Waals surface area contributed by atoms with Gasteiger partial charge in [-0.25, -0.2) is 4.79 Å². The number of benzene rings is 2. The molecule has 0 aromatic heterocycles. The summed E-state index contributed by atoms with van der Waals surface area (Å²) in [6.45, 7) is 2.10. The van der Waals surface area contributed by atoms with Gasteiger partial charge < -0.3 is 15.2 Å². The number of nitrogens with one attached hydrogen (secondary N) is 1. The van der Waals surface area contributed by atoms with E-state index in [-0.39, 0.29) is 24.1 Å². The number of hydrogen-bond acceptors (Lipinski definition) is 4. The SMILES string of the molecule is COC(=O)c1ccc(CCC(C)NCC(O)c2cccc(C(F)(F)F)c2)cc1. The van der Waals surface area contributed by atoms with Crippen LogP contribution in [0, 0.1) is 0 Å². The quantitative estimate of drug-likeness (QED) is 0.660. The summed E-state index contributed by atoms with van der Waals surface area (Å²) in [5.41, 5.74) is 1.00. The first-order valence-electron chi connectivity index (χ1n) is 8.96. The summed E-state index contributed by atoms with van der Waals surface area (Å²) in [5, 5.41) is 13.3. The summed E-state index contributed by atoms with van der Waals surface area (Å²) < 4.78 is 43.0. The summed E-state index contributed by atoms with van der Waals surface area (Å²) in [6.07, 6.45) is -3.92. The van der Waals surface area contributed by atoms with Crippen molar-refractivity contribution in [2.75, 3.05) is 13.7 Å². The summed E-state index contributed by atoms with van der Waals surface area (Å²) in [4.78, 5) is 11.4. The Morgan fingerprint density at radius 3 is 2.46 bits per heavy atom. The zero-order valence-electron chi connectivity index (χ0n) is 15.8. The Labute approximate surface area is 162 Å². The Bertz CT molecular complexity index is 775. The van der Waals surface area contributed by atoms with Crippen LogP contribution < -0.4 is 5.32 Å². The molecule has 0 saturated carbocycles. The Balaban J connectivity index is 1.82. The number of carbonyl (C=O) groups is 1. The molecule has 7 heteroatoms. The lowest BCUT2D eigenvalue weighted by Crippen LogP contribution is -2.30. The Morgan fingerprint density at radius 1 is 1.18 bits per heavy atom. The van der Waals surface area contributed by atoms with Crippen LogP contribution in [0.4, 0.5) is 13.2 Å². The van der Waals surface area contributed by atoms with Crippen LogP contribution in [0.2, 0.25) is 0 Å². The van der Waals surface area contributed by atoms with Gasteiger partial charge in [0.25, 0.3) is 0 Å². The topological polar surface area (TPSA) is 58.6 Å². The minimum atomic E-state index is -4.43. The molecule has 0 aliphatic heterocycles. The van der Waals surface area contributed by atoms with Crippen molar-refractivity contribution < 1.29 is 27.8 Å². The monoisotopic (exact) mass is 395 g/mol. The van der Waals surface area contributed by atoms with E-state index in [2.05, 4.69) is 10.1 Å². The molecule has 0 amide bonds. The van der Waals surface area contributed by atoms with E-state index < -0.39 is 17.8 Å². The average molecular weight is 395 g/mol. The zero-order valence-corrected chi connectivity index (χ0v) is 15.8. The second kappa shape index (κ2) is 9.71. The lowest BCUT2D eigenvalue weighted by molar-refractivity contribution is -0.137. The normalized spacial score (nSPS) is 13.8. The number of hydrogen-bond donors (Lipinski definition) is 2. The Hall–Kier alpha value is -2.38. The van der Waals surface area contributed by atoms with Crippen molar-refractivity contribution >= 4 is 5.97 Å². The van der Waals surface area contributed by atoms with Crippen molar-refractivity contribution in [3.05, 3.63) is 70.8 Å². The van der Waals surface area contributed by atoms with E-state index in [0.717, 1.165) is 30.5 Å². The molecule has 0 bridgehead atoms. The maximum absolute atomic E-state index is 12.8. The van der Waals surface area contributed by atoms with Gasteiger partial charge in [0.1, 0.15) is 0 Å². The van der Waals surface area contributed by atoms with Crippen LogP contribution >= 0.6 is 0 Å². The average Bonchev–Trinajstić information content (AvgIpc) is 2.69. The lowest BCUT2D eigenvalue weighted by Gasteiger charge is -2.18. The highest BCUT2D eigenvalue weighted by Gasteiger charge is 2.30. The first-order valence-corrected chi connectivity index (χ1v) is 8.96. The van der Waals surface area contributed by atoms with Crippen LogP contribution in [0.15, 0.2) is 48.5 Å². The molecule has 0 aliphatic carbocycles. The van der Waals surface area contributed by atoms with Crippen molar-refractivity contribution in [2.45, 2.75) is 38.1 Å². The lowest BCUT2D eigenvalue weighted by atomic mass is 10.0. The molecule has 0 fully saturated rings. The minimum absolute atomic E-state index is 0.0562. The number of methoxy groups -OCH3 is 1. The zero-order chi connectivity index (χ0) is 20.7. The van der Waals surface area contributed by atoms with E-state index >= 15 is 0 Å². The molecule has 2 N–H and O–H groups in total. The highest BCUT2D eigenvalue weighted by atomic mass is 19.4. The molecule has 2 aromatic carbocycles. The molecule has 2 aromatic rings. The third kappa shape index (κ3) is 6.35. The van der Waals surface area contributed by atoms with E-state index in [1.54, 1.807) is 12.1 Å². The predicted molar refractivity (Wildman–Crippen MR) is 100.0 cm³/mol. The maximum Gasteiger partial charge on any atom is 0.416 e. The van der Waals surface area contributed by atoms with Crippen molar-refractivity contribution in [2.24, 2.45) is 0 Å². The minimum Gasteiger partial charge on any atom is -0.465 e. The number of halogens is 3. The molecule has 2 unspecified atom stereocenters. The standard InChI is InChI=1S/C21H24F3NO3/c1-14(6-7-15-8-10-16(11-9-15)20(27)28-2)25-13-19(26)17-4-3-5-18(12-17)21(22,23)24/h3-5,8-12,14,19,25-26H,6-7,13H2,1-2H3. The maximum atomic E-state index is 12.8. The van der Waals surface area contributed by atoms with Gasteiger partial charge in [-0.2, -0.15) is 13.2 Å². The fourth-order valence-electron chi connectivity index (χ4n) is 2.76. The van der Waals surface area contributed by atoms with E-state index in [0.29, 0.717) is 5.56 Å². The van der Waals surface area contributed by atoms with E-state index in [1.807, 2.05) is 19.1 Å². The van der Waals surface area contributed by atoms with Gasteiger partial charge in [-0.15, -0.1) is 0 Å². The smallest absolute Gasteiger partial charge is 0.416 e. The molecule has 0 radical (unpaired) electrons. The summed E-state index contributed by atoms with van der Waals surface area (Å²) in [7, 11) is 1.33. The van der Waals surface area contributed by atoms with Crippen LogP contribution in [-0.4, -0.2) is 30.8 Å². The fraction of sp³-hybridized carbons (Fsp3) is 0.381. The number of esters is 1. The molecule has 0 heterocycles. The number of alkyl halides is 3. The number of aliphatic hydroxyl groups excluding tert-OH is 1. The fourth-order valence-corrected chi connectivity index (χ4v) is 2.76. The highest BCUT2D eigenvalue weighted by Crippen LogP contribution is 2.30. The van der Waals surface area contributed by atoms with E-state index in [1.165, 1.54) is 19.2 Å². The molecular weight excluding hydrogens is 371 g/mol. The number of aryl methyl sites for hydroxylation is 1. The van der Waals surface area contributed by atoms with Crippen molar-refractivity contribution in [1.29, 1.82) is 0 Å². The van der Waals surface area contributed by atoms with Gasteiger partial charge in [-0.05, 0) is 55.2 Å². The number of ether oxygens (including phenoxy) is 1. The molecular formula is C21H24F3NO3. The summed E-state index contributed by atoms with van der Waals surface area (Å²) in [6, 6.07) is 11.9. The molecule has 2 rings (SSSR count). The third-order valence-electron chi connectivity index (χ3n) is 4.50. The molecule has 4 nitrogen and oxygen atoms in total. The van der Waals surface area contributed by atoms with Gasteiger partial charge >= 0.3 is 12.1 Å². The van der Waals surface area contributed by atoms with Gasteiger partial charge in [0.05, 0.1) is 24.3 Å². The van der Waals surface area contributed by atoms with E-state index in [4.69, 9.17) is 0 Å². The second-order valence-electron chi connectivity index (χ2n) is 6.68. The molecule has 2 atom stereocenters. The second-order valence-corrected chi connectivity index (χ2v) is 6.68. The molecule has 152 valence electrons. The first kappa shape index (κ1) is 21.9. The molecule has 0 aliphatic rings. The number of aliphatic hydroxyl groups is 1. The van der Waals surface area contributed by atoms with Crippen molar-refractivity contribution in [1.82, 2.24) is 5.32 Å². The van der Waals surface area contributed by atoms with E-state index in [9.17, 15) is 23.1 Å². The summed E-state index contributed by atoms with van der Waals surface area (Å²) >= 11 is 0. The van der Waals surface area contributed by atoms with Gasteiger partial charge in [0.2, 0.25) is 0 Å². The molecule has 28 heavy (non-hydrogen) atoms. The number of rotatable bonds is 8. The Kier molecular flexibility index (Phi) is 7.60. The van der Waals surface area contributed by atoms with Crippen molar-refractivity contribution in [3.8, 4) is 0 Å². The van der Waals surface area contributed by atoms with Crippen LogP contribution in [0.1, 0.15) is 46.5 Å². The van der Waals surface area contributed by atoms with Crippen LogP contribution in [0.3, 0.4) is 0 Å². The third-order valence-corrected chi connectivity index (χ3v) is 4.50. The van der Waals surface area contributed by atoms with Crippen molar-refractivity contribution in [3.63, 3.8) is 0 Å². The highest BCUT2D eigenvalue weighted by molar-refractivity contribution is 5.89. The van der Waals surface area contributed by atoms with Gasteiger partial charge in [-0.3, -0.25) is 0 Å². The van der Waals surface area contributed by atoms with Gasteiger partial charge in [-0.1, -0.05) is 24.3 Å². The number of carbonyl (C=O) groups excluding carboxylic acids is 1. The van der Waals surface area contributed by atoms with Gasteiger partial charge in [0.15, 0.2) is 0 Å². The molecule has 0 saturated heterocycles.